The van der Waals surface area contributed by atoms with E-state index in [0.29, 0.717) is 34.4 Å². The summed E-state index contributed by atoms with van der Waals surface area (Å²) in [4.78, 5) is 24.8. The topological polar surface area (TPSA) is 128 Å². The highest BCUT2D eigenvalue weighted by atomic mass is 35.5. The SMILES string of the molecule is C[C@@H]1[C@H]2C[C@@H](C[C@H]1Nc1cnn(CC(=O)NCC(/C=C\N)=C/N)c(=O)c1Cl)C2(C)C. The second kappa shape index (κ2) is 8.71. The van der Waals surface area contributed by atoms with Crippen LogP contribution in [0.15, 0.2) is 35.0 Å². The molecule has 1 aromatic heterocycles. The molecule has 0 spiro atoms. The standard InChI is InChI=1S/C21H31ClN6O2/c1-12-15-6-14(21(15,2)3)7-16(12)27-17-10-26-28(20(30)19(17)22)11-18(29)25-9-13(8-24)4-5-23/h4-5,8,10,12,14-16,27H,6-7,9,11,23-24H2,1-3H3,(H,25,29)/b5-4-,13-8+/t12-,14+,15-,16-/m1/s1. The second-order valence-corrected chi connectivity index (χ2v) is 9.30. The van der Waals surface area contributed by atoms with Gasteiger partial charge in [-0.05, 0) is 60.1 Å². The largest absolute Gasteiger partial charge is 0.405 e. The molecular formula is C21H31ClN6O2. The first-order chi connectivity index (χ1) is 14.2. The number of anilines is 1. The predicted molar refractivity (Wildman–Crippen MR) is 119 cm³/mol. The molecule has 2 bridgehead atoms. The third-order valence-electron chi connectivity index (χ3n) is 6.99. The van der Waals surface area contributed by atoms with Gasteiger partial charge in [-0.2, -0.15) is 5.10 Å². The lowest BCUT2D eigenvalue weighted by atomic mass is 9.45. The first-order valence-corrected chi connectivity index (χ1v) is 10.6. The van der Waals surface area contributed by atoms with E-state index in [1.54, 1.807) is 6.08 Å². The van der Waals surface area contributed by atoms with Gasteiger partial charge in [-0.1, -0.05) is 32.4 Å². The molecule has 0 unspecified atom stereocenters. The van der Waals surface area contributed by atoms with Crippen LogP contribution in [0.5, 0.6) is 0 Å². The van der Waals surface area contributed by atoms with E-state index >= 15 is 0 Å². The van der Waals surface area contributed by atoms with Gasteiger partial charge in [0.1, 0.15) is 11.6 Å². The molecule has 8 nitrogen and oxygen atoms in total. The highest BCUT2D eigenvalue weighted by Crippen LogP contribution is 2.61. The Hall–Kier alpha value is -2.48. The minimum absolute atomic E-state index is 0.0529. The fraction of sp³-hybridized carbons (Fsp3) is 0.571. The maximum Gasteiger partial charge on any atom is 0.288 e. The Bertz CT molecular complexity index is 923. The van der Waals surface area contributed by atoms with Crippen LogP contribution in [0.2, 0.25) is 5.02 Å². The zero-order chi connectivity index (χ0) is 22.1. The van der Waals surface area contributed by atoms with E-state index < -0.39 is 5.56 Å². The maximum atomic E-state index is 12.6. The average molecular weight is 435 g/mol. The second-order valence-electron chi connectivity index (χ2n) is 8.92. The molecule has 0 aliphatic heterocycles. The van der Waals surface area contributed by atoms with E-state index in [-0.39, 0.29) is 30.1 Å². The van der Waals surface area contributed by atoms with Gasteiger partial charge in [0.2, 0.25) is 5.91 Å². The number of aromatic nitrogens is 2. The van der Waals surface area contributed by atoms with Crippen molar-refractivity contribution in [1.82, 2.24) is 15.1 Å². The molecule has 6 N–H and O–H groups in total. The molecule has 0 saturated heterocycles. The number of nitrogens with zero attached hydrogens (tertiary/aromatic N) is 2. The summed E-state index contributed by atoms with van der Waals surface area (Å²) in [6.07, 6.45) is 8.12. The molecule has 164 valence electrons. The van der Waals surface area contributed by atoms with Crippen LogP contribution in [-0.2, 0) is 11.3 Å². The smallest absolute Gasteiger partial charge is 0.288 e. The predicted octanol–water partition coefficient (Wildman–Crippen LogP) is 1.81. The number of rotatable bonds is 7. The first-order valence-electron chi connectivity index (χ1n) is 10.3. The third kappa shape index (κ3) is 4.19. The number of nitrogens with one attached hydrogen (secondary N) is 2. The molecule has 4 rings (SSSR count). The summed E-state index contributed by atoms with van der Waals surface area (Å²) in [5, 5.41) is 10.3. The summed E-state index contributed by atoms with van der Waals surface area (Å²) in [6, 6.07) is 0.261. The molecule has 30 heavy (non-hydrogen) atoms. The van der Waals surface area contributed by atoms with Gasteiger partial charge in [0.25, 0.3) is 5.56 Å². The molecular weight excluding hydrogens is 404 g/mol. The van der Waals surface area contributed by atoms with Crippen molar-refractivity contribution in [3.05, 3.63) is 45.6 Å². The van der Waals surface area contributed by atoms with E-state index in [9.17, 15) is 9.59 Å². The van der Waals surface area contributed by atoms with E-state index in [2.05, 4.69) is 36.5 Å². The van der Waals surface area contributed by atoms with Gasteiger partial charge in [0.15, 0.2) is 0 Å². The quantitative estimate of drug-likeness (QED) is 0.484. The van der Waals surface area contributed by atoms with Crippen LogP contribution < -0.4 is 27.7 Å². The Balaban J connectivity index is 1.63. The van der Waals surface area contributed by atoms with Crippen LogP contribution in [0.1, 0.15) is 33.6 Å². The van der Waals surface area contributed by atoms with Gasteiger partial charge in [0, 0.05) is 12.6 Å². The van der Waals surface area contributed by atoms with E-state index in [0.717, 1.165) is 11.1 Å². The van der Waals surface area contributed by atoms with Crippen molar-refractivity contribution < 1.29 is 4.79 Å². The molecule has 0 aromatic carbocycles. The summed E-state index contributed by atoms with van der Waals surface area (Å²) < 4.78 is 1.05. The molecule has 4 atom stereocenters. The van der Waals surface area contributed by atoms with E-state index in [1.807, 2.05) is 0 Å². The maximum absolute atomic E-state index is 12.6. The molecule has 1 aromatic rings. The highest BCUT2D eigenvalue weighted by Gasteiger charge is 2.56. The van der Waals surface area contributed by atoms with Crippen LogP contribution >= 0.6 is 11.6 Å². The Morgan fingerprint density at radius 2 is 2.13 bits per heavy atom. The molecule has 9 heteroatoms. The van der Waals surface area contributed by atoms with E-state index in [1.165, 1.54) is 25.0 Å². The number of carbonyl (C=O) groups excluding carboxylic acids is 1. The van der Waals surface area contributed by atoms with Gasteiger partial charge in [-0.15, -0.1) is 0 Å². The Labute approximate surface area is 181 Å². The summed E-state index contributed by atoms with van der Waals surface area (Å²) in [5.74, 6) is 1.47. The Kier molecular flexibility index (Phi) is 6.45. The van der Waals surface area contributed by atoms with Crippen LogP contribution in [-0.4, -0.2) is 28.3 Å². The zero-order valence-electron chi connectivity index (χ0n) is 17.7. The monoisotopic (exact) mass is 434 g/mol. The van der Waals surface area contributed by atoms with Crippen molar-refractivity contribution in [3.63, 3.8) is 0 Å². The van der Waals surface area contributed by atoms with Gasteiger partial charge in [-0.3, -0.25) is 9.59 Å². The van der Waals surface area contributed by atoms with Crippen LogP contribution in [0.25, 0.3) is 0 Å². The van der Waals surface area contributed by atoms with Gasteiger partial charge in [-0.25, -0.2) is 4.68 Å². The summed E-state index contributed by atoms with van der Waals surface area (Å²) >= 11 is 6.33. The number of carbonyl (C=O) groups is 1. The van der Waals surface area contributed by atoms with Crippen molar-refractivity contribution in [1.29, 1.82) is 0 Å². The summed E-state index contributed by atoms with van der Waals surface area (Å²) in [6.45, 7) is 6.91. The van der Waals surface area contributed by atoms with Crippen LogP contribution in [0, 0.1) is 23.2 Å². The Morgan fingerprint density at radius 1 is 1.40 bits per heavy atom. The normalized spacial score (nSPS) is 27.5. The minimum Gasteiger partial charge on any atom is -0.405 e. The summed E-state index contributed by atoms with van der Waals surface area (Å²) in [7, 11) is 0. The third-order valence-corrected chi connectivity index (χ3v) is 7.35. The first kappa shape index (κ1) is 22.2. The average Bonchev–Trinajstić information content (AvgIpc) is 2.71. The van der Waals surface area contributed by atoms with Crippen LogP contribution in [0.4, 0.5) is 5.69 Å². The fourth-order valence-corrected chi connectivity index (χ4v) is 5.11. The number of fused-ring (bicyclic) bond motifs is 2. The lowest BCUT2D eigenvalue weighted by molar-refractivity contribution is -0.121. The van der Waals surface area contributed by atoms with Gasteiger partial charge >= 0.3 is 0 Å². The van der Waals surface area contributed by atoms with Gasteiger partial charge < -0.3 is 22.1 Å². The number of hydrogen-bond acceptors (Lipinski definition) is 6. The molecule has 0 radical (unpaired) electrons. The summed E-state index contributed by atoms with van der Waals surface area (Å²) in [5.41, 5.74) is 11.8. The van der Waals surface area contributed by atoms with Crippen molar-refractivity contribution in [2.45, 2.75) is 46.2 Å². The lowest BCUT2D eigenvalue weighted by Gasteiger charge is -2.62. The van der Waals surface area contributed by atoms with Crippen LogP contribution in [0.3, 0.4) is 0 Å². The minimum atomic E-state index is -0.498. The molecule has 1 heterocycles. The molecule has 3 saturated carbocycles. The fourth-order valence-electron chi connectivity index (χ4n) is 4.91. The van der Waals surface area contributed by atoms with Crippen molar-refractivity contribution >= 4 is 23.2 Å². The van der Waals surface area contributed by atoms with Crippen molar-refractivity contribution in [2.24, 2.45) is 34.6 Å². The molecule has 1 amide bonds. The van der Waals surface area contributed by atoms with Crippen molar-refractivity contribution in [3.8, 4) is 0 Å². The van der Waals surface area contributed by atoms with E-state index in [4.69, 9.17) is 23.1 Å². The van der Waals surface area contributed by atoms with Crippen molar-refractivity contribution in [2.75, 3.05) is 11.9 Å². The molecule has 3 fully saturated rings. The number of halogens is 1. The molecule has 3 aliphatic rings. The Morgan fingerprint density at radius 3 is 2.73 bits per heavy atom. The van der Waals surface area contributed by atoms with Gasteiger partial charge in [0.05, 0.1) is 11.9 Å². The zero-order valence-corrected chi connectivity index (χ0v) is 18.4. The highest BCUT2D eigenvalue weighted by molar-refractivity contribution is 6.32. The number of amides is 1. The lowest BCUT2D eigenvalue weighted by Crippen LogP contribution is -2.58. The number of nitrogens with two attached hydrogens (primary N) is 2. The number of hydrogen-bond donors (Lipinski definition) is 4. The molecule has 3 aliphatic carbocycles.